The van der Waals surface area contributed by atoms with Crippen LogP contribution in [0.1, 0.15) is 47.2 Å². The van der Waals surface area contributed by atoms with Gasteiger partial charge in [0.25, 0.3) is 5.91 Å². The van der Waals surface area contributed by atoms with Gasteiger partial charge in [0, 0.05) is 38.7 Å². The van der Waals surface area contributed by atoms with Crippen LogP contribution in [0.25, 0.3) is 0 Å². The minimum absolute atomic E-state index is 0.0827. The molecule has 1 aromatic carbocycles. The fourth-order valence-corrected chi connectivity index (χ4v) is 4.60. The average molecular weight is 400 g/mol. The average Bonchev–Trinajstić information content (AvgIpc) is 3.03. The van der Waals surface area contributed by atoms with Gasteiger partial charge in [0.05, 0.1) is 12.1 Å². The number of methoxy groups -OCH3 is 1. The summed E-state index contributed by atoms with van der Waals surface area (Å²) in [7, 11) is 1.72. The third-order valence-corrected chi connectivity index (χ3v) is 6.15. The monoisotopic (exact) mass is 400 g/mol. The molecule has 3 amide bonds. The highest BCUT2D eigenvalue weighted by molar-refractivity contribution is 6.05. The molecule has 2 saturated heterocycles. The van der Waals surface area contributed by atoms with Gasteiger partial charge in [0.15, 0.2) is 0 Å². The molecule has 3 N–H and O–H groups in total. The van der Waals surface area contributed by atoms with Crippen molar-refractivity contribution in [2.45, 2.75) is 50.4 Å². The van der Waals surface area contributed by atoms with E-state index in [-0.39, 0.29) is 29.7 Å². The van der Waals surface area contributed by atoms with Crippen molar-refractivity contribution in [3.63, 3.8) is 0 Å². The normalized spacial score (nSPS) is 27.1. The van der Waals surface area contributed by atoms with Crippen molar-refractivity contribution in [1.29, 1.82) is 0 Å². The lowest BCUT2D eigenvalue weighted by Gasteiger charge is -2.38. The Bertz CT molecular complexity index is 813. The van der Waals surface area contributed by atoms with Crippen LogP contribution < -0.4 is 16.0 Å². The number of amides is 3. The molecule has 2 fully saturated rings. The van der Waals surface area contributed by atoms with E-state index < -0.39 is 6.04 Å². The lowest BCUT2D eigenvalue weighted by Crippen LogP contribution is -2.58. The number of nitrogens with one attached hydrogen (secondary N) is 3. The van der Waals surface area contributed by atoms with Gasteiger partial charge in [0.2, 0.25) is 11.8 Å². The molecule has 1 aromatic rings. The second kappa shape index (κ2) is 8.22. The molecule has 3 aliphatic heterocycles. The van der Waals surface area contributed by atoms with Crippen molar-refractivity contribution < 1.29 is 19.1 Å². The first-order chi connectivity index (χ1) is 14.0. The van der Waals surface area contributed by atoms with Gasteiger partial charge < -0.3 is 20.3 Å². The van der Waals surface area contributed by atoms with E-state index in [1.165, 1.54) is 0 Å². The van der Waals surface area contributed by atoms with Gasteiger partial charge in [-0.25, -0.2) is 0 Å². The third kappa shape index (κ3) is 4.05. The molecule has 29 heavy (non-hydrogen) atoms. The lowest BCUT2D eigenvalue weighted by molar-refractivity contribution is -0.136. The number of carbonyl (C=O) groups excluding carboxylic acids is 3. The molecule has 2 atom stereocenters. The van der Waals surface area contributed by atoms with Crippen LogP contribution in [0.4, 0.5) is 0 Å². The first-order valence-electron chi connectivity index (χ1n) is 10.2. The van der Waals surface area contributed by atoms with Crippen LogP contribution in [-0.4, -0.2) is 61.0 Å². The van der Waals surface area contributed by atoms with E-state index >= 15 is 0 Å². The molecule has 0 radical (unpaired) electrons. The minimum atomic E-state index is -0.576. The number of piperidine rings is 2. The van der Waals surface area contributed by atoms with E-state index in [1.807, 2.05) is 18.2 Å². The molecule has 8 heteroatoms. The smallest absolute Gasteiger partial charge is 0.255 e. The van der Waals surface area contributed by atoms with Crippen molar-refractivity contribution in [2.75, 3.05) is 26.8 Å². The molecule has 156 valence electrons. The molecule has 0 aromatic heterocycles. The Morgan fingerprint density at radius 1 is 1.31 bits per heavy atom. The molecule has 2 unspecified atom stereocenters. The summed E-state index contributed by atoms with van der Waals surface area (Å²) in [5.74, 6) is -0.789. The number of nitrogens with zero attached hydrogens (tertiary/aromatic N) is 1. The molecule has 3 heterocycles. The summed E-state index contributed by atoms with van der Waals surface area (Å²) in [6.07, 6.45) is 2.81. The van der Waals surface area contributed by atoms with Crippen LogP contribution in [0, 0.1) is 0 Å². The van der Waals surface area contributed by atoms with E-state index in [4.69, 9.17) is 4.74 Å². The summed E-state index contributed by atoms with van der Waals surface area (Å²) >= 11 is 0. The molecular formula is C21H28N4O4. The summed E-state index contributed by atoms with van der Waals surface area (Å²) in [5.41, 5.74) is 2.59. The predicted octanol–water partition coefficient (Wildman–Crippen LogP) is 0.306. The third-order valence-electron chi connectivity index (χ3n) is 6.15. The SMILES string of the molecule is COCC1(NCc2ccc3c(c2)CN(C2CCC(=O)NC2=O)C3=O)CCCNC1. The summed E-state index contributed by atoms with van der Waals surface area (Å²) in [5, 5.41) is 9.43. The molecule has 8 nitrogen and oxygen atoms in total. The topological polar surface area (TPSA) is 99.8 Å². The van der Waals surface area contributed by atoms with Crippen LogP contribution in [0.15, 0.2) is 18.2 Å². The first kappa shape index (κ1) is 20.0. The van der Waals surface area contributed by atoms with Crippen molar-refractivity contribution >= 4 is 17.7 Å². The number of carbonyl (C=O) groups is 3. The van der Waals surface area contributed by atoms with Gasteiger partial charge >= 0.3 is 0 Å². The number of fused-ring (bicyclic) bond motifs is 1. The van der Waals surface area contributed by atoms with Crippen molar-refractivity contribution in [1.82, 2.24) is 20.9 Å². The van der Waals surface area contributed by atoms with Crippen molar-refractivity contribution in [3.05, 3.63) is 34.9 Å². The van der Waals surface area contributed by atoms with E-state index in [0.717, 1.165) is 37.1 Å². The number of rotatable bonds is 6. The molecule has 0 saturated carbocycles. The minimum Gasteiger partial charge on any atom is -0.383 e. The first-order valence-corrected chi connectivity index (χ1v) is 10.2. The van der Waals surface area contributed by atoms with Gasteiger partial charge in [-0.05, 0) is 43.0 Å². The Labute approximate surface area is 170 Å². The maximum absolute atomic E-state index is 12.8. The Balaban J connectivity index is 1.44. The lowest BCUT2D eigenvalue weighted by atomic mass is 9.90. The zero-order valence-electron chi connectivity index (χ0n) is 16.8. The molecule has 4 rings (SSSR count). The summed E-state index contributed by atoms with van der Waals surface area (Å²) in [4.78, 5) is 38.0. The largest absolute Gasteiger partial charge is 0.383 e. The van der Waals surface area contributed by atoms with Crippen LogP contribution >= 0.6 is 0 Å². The van der Waals surface area contributed by atoms with E-state index in [1.54, 1.807) is 12.0 Å². The second-order valence-corrected chi connectivity index (χ2v) is 8.24. The maximum atomic E-state index is 12.8. The fourth-order valence-electron chi connectivity index (χ4n) is 4.60. The number of hydrogen-bond donors (Lipinski definition) is 3. The van der Waals surface area contributed by atoms with Crippen LogP contribution in [0.2, 0.25) is 0 Å². The predicted molar refractivity (Wildman–Crippen MR) is 106 cm³/mol. The Hall–Kier alpha value is -2.29. The number of benzene rings is 1. The van der Waals surface area contributed by atoms with Crippen LogP contribution in [0.5, 0.6) is 0 Å². The van der Waals surface area contributed by atoms with Gasteiger partial charge in [-0.15, -0.1) is 0 Å². The van der Waals surface area contributed by atoms with E-state index in [2.05, 4.69) is 16.0 Å². The fraction of sp³-hybridized carbons (Fsp3) is 0.571. The molecule has 3 aliphatic rings. The summed E-state index contributed by atoms with van der Waals surface area (Å²) in [6, 6.07) is 5.28. The van der Waals surface area contributed by atoms with Gasteiger partial charge in [-0.1, -0.05) is 12.1 Å². The van der Waals surface area contributed by atoms with Gasteiger partial charge in [-0.3, -0.25) is 19.7 Å². The molecule has 0 aliphatic carbocycles. The highest BCUT2D eigenvalue weighted by atomic mass is 16.5. The van der Waals surface area contributed by atoms with Crippen molar-refractivity contribution in [2.24, 2.45) is 0 Å². The van der Waals surface area contributed by atoms with Gasteiger partial charge in [-0.2, -0.15) is 0 Å². The molecule has 0 bridgehead atoms. The summed E-state index contributed by atoms with van der Waals surface area (Å²) in [6.45, 7) is 3.63. The number of imide groups is 1. The van der Waals surface area contributed by atoms with E-state index in [0.29, 0.717) is 31.7 Å². The number of hydrogen-bond acceptors (Lipinski definition) is 6. The maximum Gasteiger partial charge on any atom is 0.255 e. The Kier molecular flexibility index (Phi) is 5.67. The van der Waals surface area contributed by atoms with Crippen LogP contribution in [-0.2, 0) is 27.4 Å². The standard InChI is InChI=1S/C21H28N4O4/c1-29-13-21(7-2-8-22-12-21)23-10-14-3-4-16-15(9-14)11-25(20(16)28)17-5-6-18(26)24-19(17)27/h3-4,9,17,22-23H,2,5-8,10-13H2,1H3,(H,24,26,27). The Morgan fingerprint density at radius 3 is 2.90 bits per heavy atom. The van der Waals surface area contributed by atoms with Gasteiger partial charge in [0.1, 0.15) is 6.04 Å². The van der Waals surface area contributed by atoms with E-state index in [9.17, 15) is 14.4 Å². The zero-order chi connectivity index (χ0) is 20.4. The second-order valence-electron chi connectivity index (χ2n) is 8.24. The highest BCUT2D eigenvalue weighted by Gasteiger charge is 2.39. The number of ether oxygens (including phenoxy) is 1. The Morgan fingerprint density at radius 2 is 2.17 bits per heavy atom. The van der Waals surface area contributed by atoms with Crippen LogP contribution in [0.3, 0.4) is 0 Å². The molecular weight excluding hydrogens is 372 g/mol. The van der Waals surface area contributed by atoms with Crippen molar-refractivity contribution in [3.8, 4) is 0 Å². The molecule has 0 spiro atoms. The summed E-state index contributed by atoms with van der Waals surface area (Å²) < 4.78 is 5.44. The zero-order valence-corrected chi connectivity index (χ0v) is 16.8. The highest BCUT2D eigenvalue weighted by Crippen LogP contribution is 2.28. The quantitative estimate of drug-likeness (QED) is 0.594.